The highest BCUT2D eigenvalue weighted by Crippen LogP contribution is 2.45. The molecule has 8 nitrogen and oxygen atoms in total. The molecule has 0 radical (unpaired) electrons. The second-order valence-electron chi connectivity index (χ2n) is 11.9. The van der Waals surface area contributed by atoms with E-state index in [0.717, 1.165) is 17.7 Å². The van der Waals surface area contributed by atoms with Gasteiger partial charge in [-0.2, -0.15) is 17.5 Å². The predicted octanol–water partition coefficient (Wildman–Crippen LogP) is 5.98. The number of nitrogens with two attached hydrogens (primary N) is 2. The molecular formula is C32H39F3N4O4S. The van der Waals surface area contributed by atoms with Crippen LogP contribution in [0.5, 0.6) is 0 Å². The van der Waals surface area contributed by atoms with Gasteiger partial charge in [0, 0.05) is 25.6 Å². The highest BCUT2D eigenvalue weighted by atomic mass is 32.2. The van der Waals surface area contributed by atoms with Gasteiger partial charge in [0.15, 0.2) is 0 Å². The number of carbonyl (C=O) groups is 1. The smallest absolute Gasteiger partial charge is 0.416 e. The Labute approximate surface area is 256 Å². The topological polar surface area (TPSA) is 130 Å². The molecule has 3 aromatic carbocycles. The van der Waals surface area contributed by atoms with Crippen LogP contribution in [0, 0.1) is 19.3 Å². The molecule has 5 N–H and O–H groups in total. The maximum atomic E-state index is 13.8. The molecule has 1 aliphatic rings. The van der Waals surface area contributed by atoms with E-state index in [0.29, 0.717) is 58.6 Å². The van der Waals surface area contributed by atoms with Crippen molar-refractivity contribution in [1.29, 1.82) is 0 Å². The lowest BCUT2D eigenvalue weighted by Crippen LogP contribution is -2.34. The lowest BCUT2D eigenvalue weighted by Gasteiger charge is -2.34. The van der Waals surface area contributed by atoms with Gasteiger partial charge >= 0.3 is 12.1 Å². The van der Waals surface area contributed by atoms with Gasteiger partial charge in [0.1, 0.15) is 0 Å². The summed E-state index contributed by atoms with van der Waals surface area (Å²) in [6.07, 6.45) is -3.92. The molecule has 12 heteroatoms. The zero-order valence-electron chi connectivity index (χ0n) is 25.5. The number of carboxylic acids is 1. The normalized spacial score (nSPS) is 16.2. The summed E-state index contributed by atoms with van der Waals surface area (Å²) in [4.78, 5) is 12.3. The first kappa shape index (κ1) is 33.3. The quantitative estimate of drug-likeness (QED) is 0.158. The van der Waals surface area contributed by atoms with Gasteiger partial charge in [-0.05, 0) is 99.0 Å². The lowest BCUT2D eigenvalue weighted by atomic mass is 9.69. The molecule has 4 rings (SSSR count). The third-order valence-electron chi connectivity index (χ3n) is 8.69. The van der Waals surface area contributed by atoms with E-state index in [-0.39, 0.29) is 18.0 Å². The summed E-state index contributed by atoms with van der Waals surface area (Å²) in [5.41, 5.74) is 8.94. The Morgan fingerprint density at radius 2 is 1.77 bits per heavy atom. The van der Waals surface area contributed by atoms with E-state index in [1.807, 2.05) is 39.0 Å². The van der Waals surface area contributed by atoms with Crippen molar-refractivity contribution < 1.29 is 31.5 Å². The Balaban J connectivity index is 1.81. The van der Waals surface area contributed by atoms with Gasteiger partial charge in [0.2, 0.25) is 10.0 Å². The number of rotatable bonds is 8. The van der Waals surface area contributed by atoms with Crippen LogP contribution < -0.4 is 16.6 Å². The van der Waals surface area contributed by atoms with E-state index < -0.39 is 39.1 Å². The number of fused-ring (bicyclic) bond motifs is 1. The minimum Gasteiger partial charge on any atom is -0.481 e. The molecule has 0 bridgehead atoms. The first-order valence-electron chi connectivity index (χ1n) is 14.4. The van der Waals surface area contributed by atoms with E-state index in [9.17, 15) is 31.5 Å². The number of hydrogen-bond acceptors (Lipinski definition) is 6. The van der Waals surface area contributed by atoms with Crippen LogP contribution in [-0.4, -0.2) is 36.9 Å². The summed E-state index contributed by atoms with van der Waals surface area (Å²) in [5.74, 6) is 4.39. The molecular weight excluding hydrogens is 593 g/mol. The molecule has 238 valence electrons. The van der Waals surface area contributed by atoms with E-state index in [1.165, 1.54) is 15.4 Å². The number of sulfonamides is 1. The number of nitrogens with zero attached hydrogens (tertiary/aromatic N) is 2. The van der Waals surface area contributed by atoms with Crippen molar-refractivity contribution in [2.75, 3.05) is 23.8 Å². The largest absolute Gasteiger partial charge is 0.481 e. The number of aliphatic carboxylic acids is 1. The number of hydrazine groups is 1. The molecule has 1 heterocycles. The summed E-state index contributed by atoms with van der Waals surface area (Å²) in [6, 6.07) is 11.9. The second-order valence-corrected chi connectivity index (χ2v) is 13.8. The fourth-order valence-corrected chi connectivity index (χ4v) is 7.59. The number of anilines is 2. The molecule has 1 atom stereocenters. The van der Waals surface area contributed by atoms with Crippen LogP contribution in [0.15, 0.2) is 53.4 Å². The second kappa shape index (κ2) is 12.1. The molecule has 0 aliphatic carbocycles. The van der Waals surface area contributed by atoms with Crippen LogP contribution in [0.25, 0.3) is 0 Å². The van der Waals surface area contributed by atoms with Crippen LogP contribution >= 0.6 is 0 Å². The molecule has 0 aromatic heterocycles. The fraction of sp³-hybridized carbons (Fsp3) is 0.406. The molecule has 0 spiro atoms. The van der Waals surface area contributed by atoms with E-state index >= 15 is 0 Å². The first-order chi connectivity index (χ1) is 20.4. The zero-order valence-corrected chi connectivity index (χ0v) is 26.3. The molecule has 0 saturated heterocycles. The number of carboxylic acid groups (broad SMARTS) is 1. The molecule has 3 aromatic rings. The van der Waals surface area contributed by atoms with Crippen LogP contribution in [0.2, 0.25) is 0 Å². The summed E-state index contributed by atoms with van der Waals surface area (Å²) in [7, 11) is -4.27. The van der Waals surface area contributed by atoms with Crippen LogP contribution in [0.3, 0.4) is 0 Å². The average Bonchev–Trinajstić information content (AvgIpc) is 3.07. The summed E-state index contributed by atoms with van der Waals surface area (Å²) < 4.78 is 69.2. The van der Waals surface area contributed by atoms with Crippen LogP contribution in [-0.2, 0) is 34.0 Å². The Morgan fingerprint density at radius 3 is 2.39 bits per heavy atom. The first-order valence-corrected chi connectivity index (χ1v) is 15.8. The standard InChI is InChI=1S/C32H39F3N4O4S/c1-6-39(37)26-14-13-25(20(3)29(26)36)28(31(4,5)30(40)41)22-10-9-19(2)23(16-22)18-38-15-7-8-21-11-12-24(32(33,34)35)17-27(21)44(38,42)43/h9-14,16-17,28H,6-8,15,18,36-37H2,1-5H3,(H,40,41). The number of halogens is 3. The molecule has 1 aliphatic heterocycles. The fourth-order valence-electron chi connectivity index (χ4n) is 5.85. The average molecular weight is 633 g/mol. The number of alkyl halides is 3. The monoisotopic (exact) mass is 632 g/mol. The lowest BCUT2D eigenvalue weighted by molar-refractivity contribution is -0.147. The van der Waals surface area contributed by atoms with Gasteiger partial charge in [0.05, 0.1) is 27.2 Å². The van der Waals surface area contributed by atoms with Crippen molar-refractivity contribution in [3.63, 3.8) is 0 Å². The molecule has 1 unspecified atom stereocenters. The van der Waals surface area contributed by atoms with Crippen molar-refractivity contribution in [3.8, 4) is 0 Å². The van der Waals surface area contributed by atoms with Crippen LogP contribution in [0.1, 0.15) is 72.1 Å². The maximum absolute atomic E-state index is 13.8. The van der Waals surface area contributed by atoms with Gasteiger partial charge in [-0.25, -0.2) is 14.3 Å². The Hall–Kier alpha value is -3.61. The minimum atomic E-state index is -4.68. The minimum absolute atomic E-state index is 0.0867. The zero-order chi connectivity index (χ0) is 32.8. The van der Waals surface area contributed by atoms with Crippen molar-refractivity contribution in [2.24, 2.45) is 11.3 Å². The summed E-state index contributed by atoms with van der Waals surface area (Å²) >= 11 is 0. The number of aryl methyl sites for hydroxylation is 2. The Morgan fingerprint density at radius 1 is 1.09 bits per heavy atom. The van der Waals surface area contributed by atoms with Crippen molar-refractivity contribution in [1.82, 2.24) is 4.31 Å². The molecule has 44 heavy (non-hydrogen) atoms. The van der Waals surface area contributed by atoms with Crippen molar-refractivity contribution in [3.05, 3.63) is 87.5 Å². The highest BCUT2D eigenvalue weighted by molar-refractivity contribution is 7.89. The number of nitrogen functional groups attached to an aromatic ring is 1. The van der Waals surface area contributed by atoms with Gasteiger partial charge < -0.3 is 15.8 Å². The Kier molecular flexibility index (Phi) is 9.12. The summed E-state index contributed by atoms with van der Waals surface area (Å²) in [5, 5.41) is 11.8. The third-order valence-corrected chi connectivity index (χ3v) is 10.6. The molecule has 0 fully saturated rings. The summed E-state index contributed by atoms with van der Waals surface area (Å²) in [6.45, 7) is 9.30. The van der Waals surface area contributed by atoms with Crippen molar-refractivity contribution in [2.45, 2.75) is 71.0 Å². The maximum Gasteiger partial charge on any atom is 0.416 e. The number of benzene rings is 3. The van der Waals surface area contributed by atoms with E-state index in [2.05, 4.69) is 0 Å². The molecule has 0 amide bonds. The van der Waals surface area contributed by atoms with Crippen molar-refractivity contribution >= 4 is 27.4 Å². The van der Waals surface area contributed by atoms with Gasteiger partial charge in [0.25, 0.3) is 0 Å². The van der Waals surface area contributed by atoms with Gasteiger partial charge in [-0.1, -0.05) is 30.3 Å². The van der Waals surface area contributed by atoms with E-state index in [4.69, 9.17) is 11.6 Å². The predicted molar refractivity (Wildman–Crippen MR) is 165 cm³/mol. The van der Waals surface area contributed by atoms with Gasteiger partial charge in [-0.3, -0.25) is 4.79 Å². The number of hydrogen-bond donors (Lipinski definition) is 3. The van der Waals surface area contributed by atoms with Crippen LogP contribution in [0.4, 0.5) is 24.5 Å². The Bertz CT molecular complexity index is 1690. The van der Waals surface area contributed by atoms with Gasteiger partial charge in [-0.15, -0.1) is 0 Å². The van der Waals surface area contributed by atoms with E-state index in [1.54, 1.807) is 26.0 Å². The SMILES string of the molecule is CCN(N)c1ccc(C(c2ccc(C)c(CN3CCCc4ccc(C(F)(F)F)cc4S3(=O)=O)c2)C(C)(C)C(=O)O)c(C)c1N. The highest BCUT2D eigenvalue weighted by Gasteiger charge is 2.41. The molecule has 0 saturated carbocycles. The third kappa shape index (κ3) is 6.15.